The predicted molar refractivity (Wildman–Crippen MR) is 58.5 cm³/mol. The molecule has 0 aliphatic heterocycles. The van der Waals surface area contributed by atoms with E-state index in [1.807, 2.05) is 5.43 Å². The summed E-state index contributed by atoms with van der Waals surface area (Å²) in [5, 5.41) is 0. The molecule has 1 aromatic carbocycles. The molecule has 0 saturated carbocycles. The second kappa shape index (κ2) is 5.21. The van der Waals surface area contributed by atoms with Crippen molar-refractivity contribution in [2.45, 2.75) is 17.9 Å². The molecule has 17 heavy (non-hydrogen) atoms. The molecule has 8 heteroatoms. The van der Waals surface area contributed by atoms with Gasteiger partial charge in [0.2, 0.25) is 10.0 Å². The highest BCUT2D eigenvalue weighted by Gasteiger charge is 2.21. The monoisotopic (exact) mass is 261 g/mol. The average Bonchev–Trinajstić information content (AvgIpc) is 2.27. The van der Waals surface area contributed by atoms with Crippen molar-refractivity contribution in [2.75, 3.05) is 0 Å². The molecule has 1 rings (SSSR count). The summed E-state index contributed by atoms with van der Waals surface area (Å²) in [5.41, 5.74) is 1.82. The summed E-state index contributed by atoms with van der Waals surface area (Å²) in [5.74, 6) is 3.65. The van der Waals surface area contributed by atoms with Gasteiger partial charge in [0.15, 0.2) is 0 Å². The van der Waals surface area contributed by atoms with Crippen LogP contribution in [-0.2, 0) is 14.8 Å². The Labute approximate surface area is 98.0 Å². The fourth-order valence-electron chi connectivity index (χ4n) is 1.09. The normalized spacial score (nSPS) is 13.1. The lowest BCUT2D eigenvalue weighted by Gasteiger charge is -2.12. The summed E-state index contributed by atoms with van der Waals surface area (Å²) in [4.78, 5) is 10.9. The molecule has 0 spiro atoms. The van der Waals surface area contributed by atoms with E-state index in [2.05, 4.69) is 4.72 Å². The fourth-order valence-corrected chi connectivity index (χ4v) is 2.30. The van der Waals surface area contributed by atoms with Gasteiger partial charge in [-0.25, -0.2) is 18.7 Å². The standard InChI is InChI=1S/C9H12FN3O3S/c1-6(9(14)12-11)13-17(15,16)8-4-2-7(10)3-5-8/h2-6,13H,11H2,1H3,(H,12,14)/t6-/m0/s1. The molecule has 94 valence electrons. The van der Waals surface area contributed by atoms with Gasteiger partial charge in [0.25, 0.3) is 5.91 Å². The van der Waals surface area contributed by atoms with Crippen LogP contribution in [0.4, 0.5) is 4.39 Å². The van der Waals surface area contributed by atoms with Crippen molar-refractivity contribution in [1.29, 1.82) is 0 Å². The summed E-state index contributed by atoms with van der Waals surface area (Å²) in [6.45, 7) is 1.34. The van der Waals surface area contributed by atoms with E-state index in [1.54, 1.807) is 0 Å². The van der Waals surface area contributed by atoms with Crippen LogP contribution in [0.2, 0.25) is 0 Å². The van der Waals surface area contributed by atoms with Crippen LogP contribution in [0.1, 0.15) is 6.92 Å². The number of nitrogens with one attached hydrogen (secondary N) is 2. The highest BCUT2D eigenvalue weighted by Crippen LogP contribution is 2.10. The van der Waals surface area contributed by atoms with Crippen LogP contribution in [0.25, 0.3) is 0 Å². The van der Waals surface area contributed by atoms with E-state index in [-0.39, 0.29) is 4.90 Å². The Morgan fingerprint density at radius 1 is 1.35 bits per heavy atom. The van der Waals surface area contributed by atoms with Crippen molar-refractivity contribution in [2.24, 2.45) is 5.84 Å². The average molecular weight is 261 g/mol. The van der Waals surface area contributed by atoms with Gasteiger partial charge in [-0.15, -0.1) is 0 Å². The second-order valence-electron chi connectivity index (χ2n) is 3.31. The number of benzene rings is 1. The molecule has 0 heterocycles. The SMILES string of the molecule is C[C@H](NS(=O)(=O)c1ccc(F)cc1)C(=O)NN. The van der Waals surface area contributed by atoms with Crippen LogP contribution in [0, 0.1) is 5.82 Å². The quantitative estimate of drug-likeness (QED) is 0.385. The lowest BCUT2D eigenvalue weighted by Crippen LogP contribution is -2.47. The molecule has 0 radical (unpaired) electrons. The summed E-state index contributed by atoms with van der Waals surface area (Å²) in [6, 6.07) is 3.22. The lowest BCUT2D eigenvalue weighted by atomic mass is 10.3. The van der Waals surface area contributed by atoms with E-state index in [4.69, 9.17) is 5.84 Å². The molecule has 0 aliphatic rings. The molecule has 6 nitrogen and oxygen atoms in total. The third-order valence-corrected chi connectivity index (χ3v) is 3.55. The summed E-state index contributed by atoms with van der Waals surface area (Å²) < 4.78 is 38.2. The number of nitrogens with two attached hydrogens (primary N) is 1. The minimum absolute atomic E-state index is 0.129. The molecule has 0 unspecified atom stereocenters. The van der Waals surface area contributed by atoms with Crippen molar-refractivity contribution in [3.05, 3.63) is 30.1 Å². The highest BCUT2D eigenvalue weighted by molar-refractivity contribution is 7.89. The van der Waals surface area contributed by atoms with E-state index >= 15 is 0 Å². The van der Waals surface area contributed by atoms with E-state index in [9.17, 15) is 17.6 Å². The van der Waals surface area contributed by atoms with Gasteiger partial charge >= 0.3 is 0 Å². The minimum atomic E-state index is -3.86. The maximum Gasteiger partial charge on any atom is 0.251 e. The third kappa shape index (κ3) is 3.48. The van der Waals surface area contributed by atoms with Gasteiger partial charge in [0.1, 0.15) is 5.82 Å². The van der Waals surface area contributed by atoms with Crippen LogP contribution in [-0.4, -0.2) is 20.4 Å². The maximum absolute atomic E-state index is 12.6. The zero-order valence-corrected chi connectivity index (χ0v) is 9.79. The zero-order chi connectivity index (χ0) is 13.1. The van der Waals surface area contributed by atoms with Gasteiger partial charge < -0.3 is 0 Å². The van der Waals surface area contributed by atoms with Gasteiger partial charge in [-0.05, 0) is 31.2 Å². The Morgan fingerprint density at radius 3 is 2.35 bits per heavy atom. The Balaban J connectivity index is 2.89. The van der Waals surface area contributed by atoms with Gasteiger partial charge in [-0.2, -0.15) is 4.72 Å². The first-order valence-electron chi connectivity index (χ1n) is 4.65. The summed E-state index contributed by atoms with van der Waals surface area (Å²) >= 11 is 0. The summed E-state index contributed by atoms with van der Waals surface area (Å²) in [7, 11) is -3.86. The molecule has 4 N–H and O–H groups in total. The van der Waals surface area contributed by atoms with E-state index in [0.717, 1.165) is 24.3 Å². The van der Waals surface area contributed by atoms with Gasteiger partial charge in [-0.3, -0.25) is 10.2 Å². The number of halogens is 1. The first kappa shape index (κ1) is 13.6. The number of carbonyl (C=O) groups excluding carboxylic acids is 1. The van der Waals surface area contributed by atoms with Crippen LogP contribution in [0.3, 0.4) is 0 Å². The van der Waals surface area contributed by atoms with Crippen molar-refractivity contribution in [1.82, 2.24) is 10.1 Å². The third-order valence-electron chi connectivity index (χ3n) is 1.99. The number of hydrogen-bond donors (Lipinski definition) is 3. The molecule has 0 aliphatic carbocycles. The Hall–Kier alpha value is -1.51. The highest BCUT2D eigenvalue weighted by atomic mass is 32.2. The molecule has 1 atom stereocenters. The number of amides is 1. The van der Waals surface area contributed by atoms with E-state index in [0.29, 0.717) is 0 Å². The Bertz CT molecular complexity index is 501. The topological polar surface area (TPSA) is 101 Å². The number of hydrazine groups is 1. The largest absolute Gasteiger partial charge is 0.293 e. The fraction of sp³-hybridized carbons (Fsp3) is 0.222. The van der Waals surface area contributed by atoms with Crippen LogP contribution < -0.4 is 16.0 Å². The molecular weight excluding hydrogens is 249 g/mol. The molecular formula is C9H12FN3O3S. The first-order chi connectivity index (χ1) is 7.86. The maximum atomic E-state index is 12.6. The van der Waals surface area contributed by atoms with Gasteiger partial charge in [0, 0.05) is 0 Å². The smallest absolute Gasteiger partial charge is 0.251 e. The number of sulfonamides is 1. The first-order valence-corrected chi connectivity index (χ1v) is 6.13. The minimum Gasteiger partial charge on any atom is -0.293 e. The number of hydrogen-bond acceptors (Lipinski definition) is 4. The molecule has 0 saturated heterocycles. The molecule has 0 bridgehead atoms. The van der Waals surface area contributed by atoms with Crippen LogP contribution in [0.15, 0.2) is 29.2 Å². The molecule has 0 aromatic heterocycles. The second-order valence-corrected chi connectivity index (χ2v) is 5.02. The van der Waals surface area contributed by atoms with E-state index < -0.39 is 27.8 Å². The van der Waals surface area contributed by atoms with Gasteiger partial charge in [0.05, 0.1) is 10.9 Å². The zero-order valence-electron chi connectivity index (χ0n) is 8.98. The predicted octanol–water partition coefficient (Wildman–Crippen LogP) is -0.518. The number of carbonyl (C=O) groups is 1. The lowest BCUT2D eigenvalue weighted by molar-refractivity contribution is -0.122. The van der Waals surface area contributed by atoms with E-state index in [1.165, 1.54) is 6.92 Å². The Morgan fingerprint density at radius 2 is 1.88 bits per heavy atom. The molecule has 1 amide bonds. The van der Waals surface area contributed by atoms with Crippen LogP contribution >= 0.6 is 0 Å². The number of rotatable bonds is 4. The van der Waals surface area contributed by atoms with Crippen LogP contribution in [0.5, 0.6) is 0 Å². The molecule has 0 fully saturated rings. The van der Waals surface area contributed by atoms with Crippen molar-refractivity contribution in [3.8, 4) is 0 Å². The van der Waals surface area contributed by atoms with Crippen molar-refractivity contribution < 1.29 is 17.6 Å². The summed E-state index contributed by atoms with van der Waals surface area (Å²) in [6.07, 6.45) is 0. The Kier molecular flexibility index (Phi) is 4.16. The molecule has 1 aromatic rings. The van der Waals surface area contributed by atoms with Gasteiger partial charge in [-0.1, -0.05) is 0 Å². The van der Waals surface area contributed by atoms with Crippen molar-refractivity contribution >= 4 is 15.9 Å². The van der Waals surface area contributed by atoms with Crippen molar-refractivity contribution in [3.63, 3.8) is 0 Å².